The number of hydrogen-bond acceptors (Lipinski definition) is 3. The number of hydrogen-bond donors (Lipinski definition) is 3. The fourth-order valence-electron chi connectivity index (χ4n) is 1.64. The van der Waals surface area contributed by atoms with E-state index in [0.717, 1.165) is 11.1 Å². The Morgan fingerprint density at radius 1 is 1.26 bits per heavy atom. The van der Waals surface area contributed by atoms with E-state index in [9.17, 15) is 9.59 Å². The van der Waals surface area contributed by atoms with Crippen molar-refractivity contribution in [3.05, 3.63) is 34.9 Å². The summed E-state index contributed by atoms with van der Waals surface area (Å²) in [7, 11) is 0. The molecule has 0 aromatic heterocycles. The molecule has 0 spiro atoms. The molecule has 0 aliphatic carbocycles. The first-order valence-corrected chi connectivity index (χ1v) is 6.14. The van der Waals surface area contributed by atoms with Crippen molar-refractivity contribution < 1.29 is 9.59 Å². The summed E-state index contributed by atoms with van der Waals surface area (Å²) >= 11 is 0. The summed E-state index contributed by atoms with van der Waals surface area (Å²) in [5.74, 6) is -0.765. The number of aryl methyl sites for hydroxylation is 1. The van der Waals surface area contributed by atoms with Crippen LogP contribution in [0.2, 0.25) is 0 Å². The van der Waals surface area contributed by atoms with Gasteiger partial charge in [-0.1, -0.05) is 6.07 Å². The highest BCUT2D eigenvalue weighted by Gasteiger charge is 2.24. The average Bonchev–Trinajstić information content (AvgIpc) is 2.30. The average molecular weight is 263 g/mol. The molecule has 0 heterocycles. The lowest BCUT2D eigenvalue weighted by molar-refractivity contribution is -0.125. The first-order chi connectivity index (χ1) is 8.74. The Hall–Kier alpha value is -1.88. The van der Waals surface area contributed by atoms with E-state index in [1.807, 2.05) is 13.0 Å². The molecule has 1 aromatic rings. The summed E-state index contributed by atoms with van der Waals surface area (Å²) in [5.41, 5.74) is 12.5. The molecule has 0 aliphatic heterocycles. The predicted molar refractivity (Wildman–Crippen MR) is 74.4 cm³/mol. The minimum atomic E-state index is -0.582. The summed E-state index contributed by atoms with van der Waals surface area (Å²) in [6, 6.07) is 5.32. The molecule has 19 heavy (non-hydrogen) atoms. The summed E-state index contributed by atoms with van der Waals surface area (Å²) in [6.07, 6.45) is 0. The van der Waals surface area contributed by atoms with Gasteiger partial charge in [0, 0.05) is 18.7 Å². The molecular formula is C14H21N3O2. The minimum Gasteiger partial charge on any atom is -0.369 e. The van der Waals surface area contributed by atoms with Crippen molar-refractivity contribution in [2.24, 2.45) is 16.9 Å². The van der Waals surface area contributed by atoms with Gasteiger partial charge in [0.25, 0.3) is 0 Å². The summed E-state index contributed by atoms with van der Waals surface area (Å²) in [5, 5.41) is 3.20. The maximum Gasteiger partial charge on any atom is 0.248 e. The van der Waals surface area contributed by atoms with E-state index in [1.54, 1.807) is 26.0 Å². The predicted octanol–water partition coefficient (Wildman–Crippen LogP) is 0.695. The maximum atomic E-state index is 11.2. The second-order valence-corrected chi connectivity index (χ2v) is 5.36. The highest BCUT2D eigenvalue weighted by atomic mass is 16.1. The Bertz CT molecular complexity index is 495. The van der Waals surface area contributed by atoms with Gasteiger partial charge in [0.05, 0.1) is 5.41 Å². The van der Waals surface area contributed by atoms with Crippen LogP contribution >= 0.6 is 0 Å². The SMILES string of the molecule is Cc1cc(C(N)=O)ccc1CNCC(C)(C)C(N)=O. The van der Waals surface area contributed by atoms with Crippen LogP contribution in [0.1, 0.15) is 35.3 Å². The molecule has 5 nitrogen and oxygen atoms in total. The molecule has 0 bridgehead atoms. The van der Waals surface area contributed by atoms with E-state index in [0.29, 0.717) is 18.7 Å². The first-order valence-electron chi connectivity index (χ1n) is 6.14. The van der Waals surface area contributed by atoms with Crippen molar-refractivity contribution in [3.63, 3.8) is 0 Å². The monoisotopic (exact) mass is 263 g/mol. The second kappa shape index (κ2) is 5.84. The number of amides is 2. The summed E-state index contributed by atoms with van der Waals surface area (Å²) in [4.78, 5) is 22.2. The van der Waals surface area contributed by atoms with Crippen LogP contribution in [0.3, 0.4) is 0 Å². The Balaban J connectivity index is 2.64. The molecule has 0 radical (unpaired) electrons. The van der Waals surface area contributed by atoms with Gasteiger partial charge < -0.3 is 16.8 Å². The van der Waals surface area contributed by atoms with Gasteiger partial charge in [-0.3, -0.25) is 9.59 Å². The van der Waals surface area contributed by atoms with Gasteiger partial charge in [-0.25, -0.2) is 0 Å². The van der Waals surface area contributed by atoms with Gasteiger partial charge in [0.1, 0.15) is 0 Å². The fourth-order valence-corrected chi connectivity index (χ4v) is 1.64. The van der Waals surface area contributed by atoms with Gasteiger partial charge in [0.2, 0.25) is 11.8 Å². The molecule has 5 N–H and O–H groups in total. The Morgan fingerprint density at radius 3 is 2.37 bits per heavy atom. The number of carbonyl (C=O) groups is 2. The number of carbonyl (C=O) groups excluding carboxylic acids is 2. The van der Waals surface area contributed by atoms with Gasteiger partial charge in [-0.2, -0.15) is 0 Å². The van der Waals surface area contributed by atoms with Crippen LogP contribution in [0, 0.1) is 12.3 Å². The lowest BCUT2D eigenvalue weighted by atomic mass is 9.92. The largest absolute Gasteiger partial charge is 0.369 e. The highest BCUT2D eigenvalue weighted by molar-refractivity contribution is 5.93. The van der Waals surface area contributed by atoms with Crippen molar-refractivity contribution >= 4 is 11.8 Å². The van der Waals surface area contributed by atoms with E-state index in [-0.39, 0.29) is 5.91 Å². The standard InChI is InChI=1S/C14H21N3O2/c1-9-6-10(12(15)18)4-5-11(9)7-17-8-14(2,3)13(16)19/h4-6,17H,7-8H2,1-3H3,(H2,15,18)(H2,16,19). The van der Waals surface area contributed by atoms with E-state index >= 15 is 0 Å². The number of rotatable bonds is 6. The molecule has 1 aromatic carbocycles. The fraction of sp³-hybridized carbons (Fsp3) is 0.429. The van der Waals surface area contributed by atoms with Crippen molar-refractivity contribution in [1.82, 2.24) is 5.32 Å². The van der Waals surface area contributed by atoms with E-state index < -0.39 is 11.3 Å². The topological polar surface area (TPSA) is 98.2 Å². The molecular weight excluding hydrogens is 242 g/mol. The zero-order chi connectivity index (χ0) is 14.6. The Morgan fingerprint density at radius 2 is 1.89 bits per heavy atom. The van der Waals surface area contributed by atoms with Crippen LogP contribution < -0.4 is 16.8 Å². The van der Waals surface area contributed by atoms with Crippen molar-refractivity contribution in [2.75, 3.05) is 6.54 Å². The van der Waals surface area contributed by atoms with Crippen LogP contribution in [0.15, 0.2) is 18.2 Å². The molecule has 0 aliphatic rings. The lowest BCUT2D eigenvalue weighted by Gasteiger charge is -2.21. The normalized spacial score (nSPS) is 11.3. The van der Waals surface area contributed by atoms with Gasteiger partial charge in [-0.15, -0.1) is 0 Å². The van der Waals surface area contributed by atoms with Gasteiger partial charge >= 0.3 is 0 Å². The second-order valence-electron chi connectivity index (χ2n) is 5.36. The van der Waals surface area contributed by atoms with E-state index in [4.69, 9.17) is 11.5 Å². The van der Waals surface area contributed by atoms with Gasteiger partial charge in [0.15, 0.2) is 0 Å². The zero-order valence-electron chi connectivity index (χ0n) is 11.6. The van der Waals surface area contributed by atoms with Crippen LogP contribution in [-0.2, 0) is 11.3 Å². The minimum absolute atomic E-state index is 0.333. The molecule has 0 saturated heterocycles. The highest BCUT2D eigenvalue weighted by Crippen LogP contribution is 2.14. The van der Waals surface area contributed by atoms with Crippen molar-refractivity contribution in [2.45, 2.75) is 27.3 Å². The molecule has 5 heteroatoms. The van der Waals surface area contributed by atoms with Crippen molar-refractivity contribution in [3.8, 4) is 0 Å². The summed E-state index contributed by atoms with van der Waals surface area (Å²) in [6.45, 7) is 6.63. The quantitative estimate of drug-likeness (QED) is 0.704. The van der Waals surface area contributed by atoms with E-state index in [1.165, 1.54) is 0 Å². The number of nitrogens with two attached hydrogens (primary N) is 2. The summed E-state index contributed by atoms with van der Waals surface area (Å²) < 4.78 is 0. The molecule has 0 atom stereocenters. The number of nitrogens with one attached hydrogen (secondary N) is 1. The third kappa shape index (κ3) is 4.06. The Labute approximate surface area is 113 Å². The smallest absolute Gasteiger partial charge is 0.248 e. The van der Waals surface area contributed by atoms with Crippen molar-refractivity contribution in [1.29, 1.82) is 0 Å². The third-order valence-electron chi connectivity index (χ3n) is 3.18. The van der Waals surface area contributed by atoms with Gasteiger partial charge in [-0.05, 0) is 44.0 Å². The maximum absolute atomic E-state index is 11.2. The molecule has 0 fully saturated rings. The number of primary amides is 2. The van der Waals surface area contributed by atoms with Crippen LogP contribution in [0.4, 0.5) is 0 Å². The molecule has 104 valence electrons. The van der Waals surface area contributed by atoms with Crippen LogP contribution in [0.25, 0.3) is 0 Å². The number of benzene rings is 1. The zero-order valence-corrected chi connectivity index (χ0v) is 11.6. The first kappa shape index (κ1) is 15.2. The van der Waals surface area contributed by atoms with Crippen LogP contribution in [-0.4, -0.2) is 18.4 Å². The molecule has 2 amide bonds. The third-order valence-corrected chi connectivity index (χ3v) is 3.18. The molecule has 0 saturated carbocycles. The van der Waals surface area contributed by atoms with E-state index in [2.05, 4.69) is 5.32 Å². The molecule has 0 unspecified atom stereocenters. The Kier molecular flexibility index (Phi) is 4.67. The molecule has 1 rings (SSSR count). The lowest BCUT2D eigenvalue weighted by Crippen LogP contribution is -2.40. The van der Waals surface area contributed by atoms with Crippen LogP contribution in [0.5, 0.6) is 0 Å².